The molecular weight excluding hydrogens is 423 g/mol. The van der Waals surface area contributed by atoms with Gasteiger partial charge < -0.3 is 20.3 Å². The van der Waals surface area contributed by atoms with Gasteiger partial charge in [-0.05, 0) is 56.6 Å². The van der Waals surface area contributed by atoms with Crippen molar-refractivity contribution < 1.29 is 9.53 Å². The lowest BCUT2D eigenvalue weighted by atomic mass is 10.3. The Labute approximate surface area is 187 Å². The summed E-state index contributed by atoms with van der Waals surface area (Å²) in [6.45, 7) is 7.46. The molecule has 2 fully saturated rings. The SMILES string of the molecule is CN1CCN(CCOc2ccc(NC(=O)CNCC3CC3)cc2)CC1.Cl.Cl.Cl. The molecule has 1 aromatic rings. The lowest BCUT2D eigenvalue weighted by molar-refractivity contribution is -0.115. The van der Waals surface area contributed by atoms with E-state index in [9.17, 15) is 4.79 Å². The molecule has 1 heterocycles. The lowest BCUT2D eigenvalue weighted by Crippen LogP contribution is -2.45. The van der Waals surface area contributed by atoms with Crippen LogP contribution in [0.1, 0.15) is 12.8 Å². The largest absolute Gasteiger partial charge is 0.492 e. The standard InChI is InChI=1S/C19H30N4O2.3ClH/c1-22-8-10-23(11-9-22)12-13-25-18-6-4-17(5-7-18)21-19(24)15-20-14-16-2-3-16;;;/h4-7,16,20H,2-3,8-15H2,1H3,(H,21,24);3*1H. The first kappa shape index (κ1) is 27.2. The zero-order chi connectivity index (χ0) is 17.5. The van der Waals surface area contributed by atoms with Crippen LogP contribution in [0.5, 0.6) is 5.75 Å². The molecule has 1 amide bonds. The summed E-state index contributed by atoms with van der Waals surface area (Å²) in [5.41, 5.74) is 0.810. The molecule has 3 rings (SSSR count). The number of likely N-dealkylation sites (N-methyl/N-ethyl adjacent to an activating group) is 1. The quantitative estimate of drug-likeness (QED) is 0.599. The van der Waals surface area contributed by atoms with E-state index in [0.29, 0.717) is 13.2 Å². The maximum Gasteiger partial charge on any atom is 0.238 e. The van der Waals surface area contributed by atoms with Gasteiger partial charge in [-0.2, -0.15) is 0 Å². The summed E-state index contributed by atoms with van der Waals surface area (Å²) in [5, 5.41) is 6.10. The molecule has 2 N–H and O–H groups in total. The first-order valence-electron chi connectivity index (χ1n) is 9.33. The highest BCUT2D eigenvalue weighted by molar-refractivity contribution is 5.92. The number of halogens is 3. The van der Waals surface area contributed by atoms with Crippen molar-refractivity contribution in [3.8, 4) is 5.75 Å². The van der Waals surface area contributed by atoms with Crippen molar-refractivity contribution in [1.29, 1.82) is 0 Å². The number of piperazine rings is 1. The molecule has 0 bridgehead atoms. The van der Waals surface area contributed by atoms with E-state index in [2.05, 4.69) is 27.5 Å². The maximum atomic E-state index is 11.9. The van der Waals surface area contributed by atoms with Crippen molar-refractivity contribution in [1.82, 2.24) is 15.1 Å². The van der Waals surface area contributed by atoms with Crippen LogP contribution >= 0.6 is 37.2 Å². The second kappa shape index (κ2) is 14.3. The number of carbonyl (C=O) groups is 1. The first-order chi connectivity index (χ1) is 12.2. The average Bonchev–Trinajstić information content (AvgIpc) is 3.43. The van der Waals surface area contributed by atoms with Crippen LogP contribution in [0.3, 0.4) is 0 Å². The fourth-order valence-electron chi connectivity index (χ4n) is 2.92. The van der Waals surface area contributed by atoms with Crippen LogP contribution in [0.4, 0.5) is 5.69 Å². The van der Waals surface area contributed by atoms with Gasteiger partial charge in [0.15, 0.2) is 0 Å². The monoisotopic (exact) mass is 454 g/mol. The number of hydrogen-bond donors (Lipinski definition) is 2. The zero-order valence-corrected chi connectivity index (χ0v) is 18.8. The average molecular weight is 456 g/mol. The minimum Gasteiger partial charge on any atom is -0.492 e. The Morgan fingerprint density at radius 2 is 1.71 bits per heavy atom. The molecule has 0 radical (unpaired) electrons. The molecule has 9 heteroatoms. The van der Waals surface area contributed by atoms with E-state index >= 15 is 0 Å². The summed E-state index contributed by atoms with van der Waals surface area (Å²) in [6, 6.07) is 7.61. The number of nitrogens with one attached hydrogen (secondary N) is 2. The van der Waals surface area contributed by atoms with Crippen LogP contribution in [-0.4, -0.2) is 75.2 Å². The van der Waals surface area contributed by atoms with E-state index in [4.69, 9.17) is 4.74 Å². The molecule has 1 aliphatic carbocycles. The number of nitrogens with zero attached hydrogens (tertiary/aromatic N) is 2. The highest BCUT2D eigenvalue weighted by Gasteiger charge is 2.20. The fourth-order valence-corrected chi connectivity index (χ4v) is 2.92. The minimum absolute atomic E-state index is 0. The smallest absolute Gasteiger partial charge is 0.238 e. The predicted molar refractivity (Wildman–Crippen MR) is 122 cm³/mol. The number of rotatable bonds is 9. The predicted octanol–water partition coefficient (Wildman–Crippen LogP) is 2.52. The second-order valence-corrected chi connectivity index (χ2v) is 7.14. The molecule has 1 aliphatic heterocycles. The summed E-state index contributed by atoms with van der Waals surface area (Å²) in [5.74, 6) is 1.64. The van der Waals surface area contributed by atoms with Gasteiger partial charge in [-0.15, -0.1) is 37.2 Å². The molecule has 162 valence electrons. The molecule has 6 nitrogen and oxygen atoms in total. The number of hydrogen-bond acceptors (Lipinski definition) is 5. The third-order valence-corrected chi connectivity index (χ3v) is 4.83. The highest BCUT2D eigenvalue weighted by atomic mass is 35.5. The van der Waals surface area contributed by atoms with E-state index in [1.807, 2.05) is 24.3 Å². The van der Waals surface area contributed by atoms with Crippen LogP contribution in [0.2, 0.25) is 0 Å². The molecule has 2 aliphatic rings. The van der Waals surface area contributed by atoms with Gasteiger partial charge in [-0.25, -0.2) is 0 Å². The summed E-state index contributed by atoms with van der Waals surface area (Å²) >= 11 is 0. The van der Waals surface area contributed by atoms with Gasteiger partial charge in [0.05, 0.1) is 6.54 Å². The van der Waals surface area contributed by atoms with Crippen LogP contribution < -0.4 is 15.4 Å². The second-order valence-electron chi connectivity index (χ2n) is 7.14. The Morgan fingerprint density at radius 3 is 2.32 bits per heavy atom. The normalized spacial score (nSPS) is 16.9. The molecule has 0 aromatic heterocycles. The molecule has 0 unspecified atom stereocenters. The van der Waals surface area contributed by atoms with Crippen molar-refractivity contribution in [2.75, 3.05) is 64.8 Å². The minimum atomic E-state index is 0. The Balaban J connectivity index is 0.00000243. The Kier molecular flexibility index (Phi) is 13.9. The number of carbonyl (C=O) groups excluding carboxylic acids is 1. The molecule has 1 saturated heterocycles. The summed E-state index contributed by atoms with van der Waals surface area (Å²) in [6.07, 6.45) is 2.59. The fraction of sp³-hybridized carbons (Fsp3) is 0.632. The lowest BCUT2D eigenvalue weighted by Gasteiger charge is -2.32. The number of ether oxygens (including phenoxy) is 1. The Morgan fingerprint density at radius 1 is 1.07 bits per heavy atom. The van der Waals surface area contributed by atoms with Crippen molar-refractivity contribution in [2.45, 2.75) is 12.8 Å². The first-order valence-corrected chi connectivity index (χ1v) is 9.33. The highest BCUT2D eigenvalue weighted by Crippen LogP contribution is 2.27. The van der Waals surface area contributed by atoms with Crippen molar-refractivity contribution >= 4 is 48.8 Å². The molecular formula is C19H33Cl3N4O2. The van der Waals surface area contributed by atoms with Crippen molar-refractivity contribution in [3.05, 3.63) is 24.3 Å². The van der Waals surface area contributed by atoms with Gasteiger partial charge in [0.2, 0.25) is 5.91 Å². The van der Waals surface area contributed by atoms with Crippen molar-refractivity contribution in [3.63, 3.8) is 0 Å². The Hall–Kier alpha value is -0.760. The molecule has 1 saturated carbocycles. The third-order valence-electron chi connectivity index (χ3n) is 4.83. The maximum absolute atomic E-state index is 11.9. The van der Waals surface area contributed by atoms with Gasteiger partial charge in [-0.1, -0.05) is 0 Å². The summed E-state index contributed by atoms with van der Waals surface area (Å²) < 4.78 is 5.81. The van der Waals surface area contributed by atoms with Crippen molar-refractivity contribution in [2.24, 2.45) is 5.92 Å². The molecule has 28 heavy (non-hydrogen) atoms. The van der Waals surface area contributed by atoms with E-state index in [1.165, 1.54) is 12.8 Å². The topological polar surface area (TPSA) is 56.8 Å². The zero-order valence-electron chi connectivity index (χ0n) is 16.4. The Bertz CT molecular complexity index is 551. The van der Waals surface area contributed by atoms with Gasteiger partial charge in [0.25, 0.3) is 0 Å². The number of amides is 1. The van der Waals surface area contributed by atoms with Crippen LogP contribution in [0.15, 0.2) is 24.3 Å². The number of benzene rings is 1. The van der Waals surface area contributed by atoms with Gasteiger partial charge in [-0.3, -0.25) is 9.69 Å². The van der Waals surface area contributed by atoms with Crippen LogP contribution in [0, 0.1) is 5.92 Å². The van der Waals surface area contributed by atoms with Gasteiger partial charge in [0, 0.05) is 38.4 Å². The third kappa shape index (κ3) is 10.1. The van der Waals surface area contributed by atoms with Crippen LogP contribution in [-0.2, 0) is 4.79 Å². The molecule has 0 atom stereocenters. The van der Waals surface area contributed by atoms with E-state index in [1.54, 1.807) is 0 Å². The van der Waals surface area contributed by atoms with Gasteiger partial charge >= 0.3 is 0 Å². The van der Waals surface area contributed by atoms with E-state index < -0.39 is 0 Å². The van der Waals surface area contributed by atoms with Crippen LogP contribution in [0.25, 0.3) is 0 Å². The van der Waals surface area contributed by atoms with Gasteiger partial charge in [0.1, 0.15) is 12.4 Å². The van der Waals surface area contributed by atoms with E-state index in [0.717, 1.165) is 56.6 Å². The molecule has 1 aromatic carbocycles. The molecule has 0 spiro atoms. The summed E-state index contributed by atoms with van der Waals surface area (Å²) in [7, 11) is 2.16. The number of anilines is 1. The van der Waals surface area contributed by atoms with E-state index in [-0.39, 0.29) is 43.1 Å². The summed E-state index contributed by atoms with van der Waals surface area (Å²) in [4.78, 5) is 16.6.